The third-order valence-corrected chi connectivity index (χ3v) is 2.33. The first-order chi connectivity index (χ1) is 8.15. The van der Waals surface area contributed by atoms with Crippen molar-refractivity contribution in [1.82, 2.24) is 19.5 Å². The minimum absolute atomic E-state index is 0.313. The zero-order valence-electron chi connectivity index (χ0n) is 9.38. The summed E-state index contributed by atoms with van der Waals surface area (Å²) in [5.74, 6) is 0.402. The fourth-order valence-electron chi connectivity index (χ4n) is 1.48. The van der Waals surface area contributed by atoms with Gasteiger partial charge in [0.25, 0.3) is 0 Å². The average molecular weight is 227 g/mol. The van der Waals surface area contributed by atoms with Crippen LogP contribution in [0.2, 0.25) is 0 Å². The zero-order valence-corrected chi connectivity index (χ0v) is 9.38. The monoisotopic (exact) mass is 227 g/mol. The smallest absolute Gasteiger partial charge is 0.235 e. The number of aromatic nitrogens is 4. The van der Waals surface area contributed by atoms with E-state index in [0.717, 1.165) is 0 Å². The number of hydrogen-bond acceptors (Lipinski definition) is 5. The Morgan fingerprint density at radius 2 is 2.00 bits per heavy atom. The highest BCUT2D eigenvalue weighted by atomic mass is 16.1. The van der Waals surface area contributed by atoms with Gasteiger partial charge in [-0.15, -0.1) is 0 Å². The molecule has 0 aliphatic rings. The molecule has 0 atom stereocenters. The van der Waals surface area contributed by atoms with Gasteiger partial charge in [0, 0.05) is 6.20 Å². The molecule has 0 aliphatic carbocycles. The lowest BCUT2D eigenvalue weighted by Crippen LogP contribution is -2.05. The Morgan fingerprint density at radius 1 is 1.35 bits per heavy atom. The Labute approximate surface area is 97.6 Å². The summed E-state index contributed by atoms with van der Waals surface area (Å²) in [4.78, 5) is 22.8. The molecule has 2 rings (SSSR count). The van der Waals surface area contributed by atoms with Gasteiger partial charge >= 0.3 is 0 Å². The number of aryl methyl sites for hydroxylation is 2. The van der Waals surface area contributed by atoms with Crippen molar-refractivity contribution >= 4 is 6.29 Å². The van der Waals surface area contributed by atoms with Gasteiger partial charge in [0.15, 0.2) is 6.29 Å². The third kappa shape index (κ3) is 1.90. The van der Waals surface area contributed by atoms with Crippen molar-refractivity contribution in [3.05, 3.63) is 35.2 Å². The van der Waals surface area contributed by atoms with Crippen LogP contribution in [0.5, 0.6) is 0 Å². The van der Waals surface area contributed by atoms with Gasteiger partial charge in [-0.3, -0.25) is 9.36 Å². The van der Waals surface area contributed by atoms with Crippen LogP contribution in [0.25, 0.3) is 5.95 Å². The number of carbonyl (C=O) groups is 1. The molecule has 0 fully saturated rings. The van der Waals surface area contributed by atoms with E-state index >= 15 is 0 Å². The first-order valence-electron chi connectivity index (χ1n) is 4.90. The maximum absolute atomic E-state index is 10.5. The highest BCUT2D eigenvalue weighted by Crippen LogP contribution is 2.11. The molecule has 84 valence electrons. The van der Waals surface area contributed by atoms with Crippen LogP contribution in [-0.4, -0.2) is 25.8 Å². The van der Waals surface area contributed by atoms with Crippen LogP contribution in [0.1, 0.15) is 27.4 Å². The van der Waals surface area contributed by atoms with E-state index in [9.17, 15) is 4.79 Å². The predicted molar refractivity (Wildman–Crippen MR) is 58.7 cm³/mol. The molecular formula is C11H9N5O. The van der Waals surface area contributed by atoms with Crippen molar-refractivity contribution in [2.45, 2.75) is 13.8 Å². The maximum Gasteiger partial charge on any atom is 0.235 e. The summed E-state index contributed by atoms with van der Waals surface area (Å²) >= 11 is 0. The van der Waals surface area contributed by atoms with Crippen molar-refractivity contribution in [3.8, 4) is 12.0 Å². The van der Waals surface area contributed by atoms with Crippen molar-refractivity contribution in [2.75, 3.05) is 0 Å². The van der Waals surface area contributed by atoms with Crippen LogP contribution in [-0.2, 0) is 0 Å². The summed E-state index contributed by atoms with van der Waals surface area (Å²) in [5, 5.41) is 8.91. The minimum Gasteiger partial charge on any atom is -0.296 e. The van der Waals surface area contributed by atoms with Crippen molar-refractivity contribution in [1.29, 1.82) is 5.26 Å². The minimum atomic E-state index is 0.313. The van der Waals surface area contributed by atoms with E-state index in [2.05, 4.69) is 21.0 Å². The van der Waals surface area contributed by atoms with Gasteiger partial charge in [0.05, 0.1) is 17.0 Å². The summed E-state index contributed by atoms with van der Waals surface area (Å²) in [7, 11) is 0. The Kier molecular flexibility index (Phi) is 2.66. The second-order valence-corrected chi connectivity index (χ2v) is 3.50. The van der Waals surface area contributed by atoms with Gasteiger partial charge in [-0.1, -0.05) is 0 Å². The van der Waals surface area contributed by atoms with E-state index < -0.39 is 0 Å². The zero-order chi connectivity index (χ0) is 12.4. The quantitative estimate of drug-likeness (QED) is 0.713. The summed E-state index contributed by atoms with van der Waals surface area (Å²) in [6.07, 6.45) is 3.65. The van der Waals surface area contributed by atoms with Crippen molar-refractivity contribution in [3.63, 3.8) is 0 Å². The van der Waals surface area contributed by atoms with Crippen LogP contribution >= 0.6 is 0 Å². The Balaban J connectivity index is 2.54. The highest BCUT2D eigenvalue weighted by Gasteiger charge is 2.09. The molecule has 0 spiro atoms. The van der Waals surface area contributed by atoms with Crippen molar-refractivity contribution in [2.24, 2.45) is 0 Å². The Bertz CT molecular complexity index is 600. The fourth-order valence-corrected chi connectivity index (χ4v) is 1.48. The third-order valence-electron chi connectivity index (χ3n) is 2.33. The molecule has 6 nitrogen and oxygen atoms in total. The van der Waals surface area contributed by atoms with Crippen molar-refractivity contribution < 1.29 is 4.79 Å². The highest BCUT2D eigenvalue weighted by molar-refractivity contribution is 5.71. The summed E-state index contributed by atoms with van der Waals surface area (Å²) < 4.78 is 1.55. The lowest BCUT2D eigenvalue weighted by Gasteiger charge is -2.05. The molecule has 0 saturated heterocycles. The van der Waals surface area contributed by atoms with Gasteiger partial charge < -0.3 is 0 Å². The maximum atomic E-state index is 10.5. The number of hydrogen-bond donors (Lipinski definition) is 0. The molecule has 6 heteroatoms. The molecule has 0 N–H and O–H groups in total. The molecule has 0 bridgehead atoms. The van der Waals surface area contributed by atoms with E-state index in [1.54, 1.807) is 18.4 Å². The molecule has 2 aromatic rings. The molecule has 0 aromatic carbocycles. The second-order valence-electron chi connectivity index (χ2n) is 3.50. The first kappa shape index (κ1) is 11.0. The number of nitrogens with zero attached hydrogens (tertiary/aromatic N) is 5. The van der Waals surface area contributed by atoms with E-state index in [4.69, 9.17) is 5.26 Å². The molecule has 0 radical (unpaired) electrons. The molecule has 17 heavy (non-hydrogen) atoms. The van der Waals surface area contributed by atoms with Crippen LogP contribution in [0, 0.1) is 25.2 Å². The average Bonchev–Trinajstić information content (AvgIpc) is 2.77. The van der Waals surface area contributed by atoms with E-state index in [1.165, 1.54) is 12.5 Å². The predicted octanol–water partition coefficient (Wildman–Crippen LogP) is 0.963. The van der Waals surface area contributed by atoms with E-state index in [0.29, 0.717) is 34.9 Å². The summed E-state index contributed by atoms with van der Waals surface area (Å²) in [5.41, 5.74) is 2.01. The van der Waals surface area contributed by atoms with Gasteiger partial charge in [0.2, 0.25) is 5.95 Å². The standard InChI is InChI=1S/C11H9N5O/c1-7-10(3-12)8(2)15-11(14-7)16-4-9(5-17)13-6-16/h4-6H,1-2H3. The largest absolute Gasteiger partial charge is 0.296 e. The Hall–Kier alpha value is -2.55. The first-order valence-corrected chi connectivity index (χ1v) is 4.90. The van der Waals surface area contributed by atoms with Gasteiger partial charge in [-0.25, -0.2) is 15.0 Å². The molecule has 0 aliphatic heterocycles. The molecule has 2 heterocycles. The molecule has 0 amide bonds. The van der Waals surface area contributed by atoms with Crippen LogP contribution in [0.15, 0.2) is 12.5 Å². The van der Waals surface area contributed by atoms with Gasteiger partial charge in [0.1, 0.15) is 18.1 Å². The second kappa shape index (κ2) is 4.14. The molecular weight excluding hydrogens is 218 g/mol. The molecule has 0 unspecified atom stereocenters. The van der Waals surface area contributed by atoms with Crippen LogP contribution in [0.4, 0.5) is 0 Å². The van der Waals surface area contributed by atoms with Gasteiger partial charge in [-0.05, 0) is 13.8 Å². The molecule has 0 saturated carbocycles. The summed E-state index contributed by atoms with van der Waals surface area (Å²) in [6, 6.07) is 2.05. The number of nitriles is 1. The number of rotatable bonds is 2. The van der Waals surface area contributed by atoms with E-state index in [-0.39, 0.29) is 0 Å². The molecule has 2 aromatic heterocycles. The topological polar surface area (TPSA) is 84.5 Å². The van der Waals surface area contributed by atoms with Gasteiger partial charge in [-0.2, -0.15) is 5.26 Å². The van der Waals surface area contributed by atoms with Crippen LogP contribution in [0.3, 0.4) is 0 Å². The number of carbonyl (C=O) groups excluding carboxylic acids is 1. The normalized spacial score (nSPS) is 9.94. The lowest BCUT2D eigenvalue weighted by molar-refractivity contribution is 0.111. The lowest BCUT2D eigenvalue weighted by atomic mass is 10.2. The number of imidazole rings is 1. The van der Waals surface area contributed by atoms with E-state index in [1.807, 2.05) is 0 Å². The fraction of sp³-hybridized carbons (Fsp3) is 0.182. The SMILES string of the molecule is Cc1nc(-n2cnc(C=O)c2)nc(C)c1C#N. The Morgan fingerprint density at radius 3 is 2.47 bits per heavy atom. The number of aldehydes is 1. The van der Waals surface area contributed by atoms with Crippen LogP contribution < -0.4 is 0 Å². The summed E-state index contributed by atoms with van der Waals surface area (Å²) in [6.45, 7) is 3.49.